The second kappa shape index (κ2) is 5.90. The Hall–Kier alpha value is -1.58. The molecule has 0 aliphatic carbocycles. The molecule has 0 radical (unpaired) electrons. The van der Waals surface area contributed by atoms with Crippen molar-refractivity contribution in [2.24, 2.45) is 5.10 Å². The van der Waals surface area contributed by atoms with Gasteiger partial charge in [0.15, 0.2) is 9.00 Å². The fraction of sp³-hybridized carbons (Fsp3) is 0.308. The van der Waals surface area contributed by atoms with Crippen LogP contribution in [0, 0.1) is 10.9 Å². The van der Waals surface area contributed by atoms with Crippen molar-refractivity contribution in [3.8, 4) is 0 Å². The Bertz CT molecular complexity index is 865. The lowest BCUT2D eigenvalue weighted by atomic mass is 10.00. The van der Waals surface area contributed by atoms with Crippen LogP contribution in [0.1, 0.15) is 22.1 Å². The third-order valence-corrected chi connectivity index (χ3v) is 6.32. The molecule has 1 aromatic heterocycles. The molecule has 1 aliphatic rings. The normalized spacial score (nSPS) is 18.0. The highest BCUT2D eigenvalue weighted by atomic mass is 32.2. The molecule has 3 rings (SSSR count). The first-order valence-corrected chi connectivity index (χ1v) is 9.47. The molecule has 0 unspecified atom stereocenters. The van der Waals surface area contributed by atoms with Crippen molar-refractivity contribution in [3.05, 3.63) is 44.4 Å². The second-order valence-electron chi connectivity index (χ2n) is 5.04. The van der Waals surface area contributed by atoms with Crippen LogP contribution in [0.25, 0.3) is 0 Å². The van der Waals surface area contributed by atoms with Gasteiger partial charge in [0.1, 0.15) is 10.8 Å². The molecule has 6 nitrogen and oxygen atoms in total. The van der Waals surface area contributed by atoms with E-state index in [2.05, 4.69) is 20.7 Å². The fourth-order valence-corrected chi connectivity index (χ4v) is 5.11. The van der Waals surface area contributed by atoms with E-state index < -0.39 is 9.84 Å². The number of nitrogens with zero attached hydrogens (tertiary/aromatic N) is 2. The number of H-pyrrole nitrogens is 1. The van der Waals surface area contributed by atoms with Gasteiger partial charge in [0, 0.05) is 6.54 Å². The number of aromatic nitrogens is 2. The molecule has 1 atom stereocenters. The first-order valence-electron chi connectivity index (χ1n) is 6.60. The minimum absolute atomic E-state index is 0.164. The zero-order valence-electron chi connectivity index (χ0n) is 11.7. The van der Waals surface area contributed by atoms with Crippen LogP contribution >= 0.6 is 23.6 Å². The lowest BCUT2D eigenvalue weighted by molar-refractivity contribution is 0.605. The van der Waals surface area contributed by atoms with Crippen LogP contribution in [0.3, 0.4) is 0 Å². The summed E-state index contributed by atoms with van der Waals surface area (Å²) in [4.78, 5) is 0. The Labute approximate surface area is 137 Å². The van der Waals surface area contributed by atoms with Gasteiger partial charge in [0.2, 0.25) is 9.84 Å². The summed E-state index contributed by atoms with van der Waals surface area (Å²) in [5.41, 5.74) is 4.87. The third-order valence-electron chi connectivity index (χ3n) is 3.38. The van der Waals surface area contributed by atoms with Gasteiger partial charge >= 0.3 is 0 Å². The Morgan fingerprint density at radius 2 is 2.09 bits per heavy atom. The Morgan fingerprint density at radius 3 is 2.73 bits per heavy atom. The fourth-order valence-electron chi connectivity index (χ4n) is 2.28. The number of aryl methyl sites for hydroxylation is 1. The number of sulfone groups is 1. The topological polar surface area (TPSA) is 87.2 Å². The zero-order valence-corrected chi connectivity index (χ0v) is 14.2. The summed E-state index contributed by atoms with van der Waals surface area (Å²) in [5.74, 6) is -0.453. The van der Waals surface area contributed by atoms with E-state index in [1.54, 1.807) is 0 Å². The molecule has 0 spiro atoms. The van der Waals surface area contributed by atoms with Crippen molar-refractivity contribution < 1.29 is 8.42 Å². The maximum Gasteiger partial charge on any atom is 0.200 e. The van der Waals surface area contributed by atoms with E-state index in [1.165, 1.54) is 11.3 Å². The maximum atomic E-state index is 12.6. The quantitative estimate of drug-likeness (QED) is 0.825. The predicted octanol–water partition coefficient (Wildman–Crippen LogP) is 2.12. The molecule has 0 saturated heterocycles. The molecule has 116 valence electrons. The average Bonchev–Trinajstić information content (AvgIpc) is 3.09. The van der Waals surface area contributed by atoms with Crippen LogP contribution in [-0.4, -0.2) is 30.2 Å². The summed E-state index contributed by atoms with van der Waals surface area (Å²) in [7, 11) is -3.54. The first kappa shape index (κ1) is 15.3. The van der Waals surface area contributed by atoms with Crippen LogP contribution in [0.4, 0.5) is 0 Å². The van der Waals surface area contributed by atoms with E-state index in [-0.39, 0.29) is 16.7 Å². The van der Waals surface area contributed by atoms with Gasteiger partial charge in [-0.2, -0.15) is 10.2 Å². The van der Waals surface area contributed by atoms with Crippen molar-refractivity contribution in [1.29, 1.82) is 0 Å². The van der Waals surface area contributed by atoms with E-state index in [0.29, 0.717) is 15.5 Å². The monoisotopic (exact) mass is 354 g/mol. The number of benzene rings is 1. The maximum absolute atomic E-state index is 12.6. The van der Waals surface area contributed by atoms with Crippen LogP contribution in [0.15, 0.2) is 29.4 Å². The summed E-state index contributed by atoms with van der Waals surface area (Å²) in [5, 5.41) is 11.1. The van der Waals surface area contributed by atoms with Gasteiger partial charge in [-0.05, 0) is 24.7 Å². The van der Waals surface area contributed by atoms with Gasteiger partial charge in [-0.1, -0.05) is 41.2 Å². The highest BCUT2D eigenvalue weighted by molar-refractivity contribution is 8.05. The van der Waals surface area contributed by atoms with Gasteiger partial charge in [0.25, 0.3) is 0 Å². The minimum atomic E-state index is -3.54. The molecule has 2 heterocycles. The van der Waals surface area contributed by atoms with Gasteiger partial charge in [-0.25, -0.2) is 8.42 Å². The smallest absolute Gasteiger partial charge is 0.200 e. The minimum Gasteiger partial charge on any atom is -0.308 e. The number of hydrogen-bond donors (Lipinski definition) is 2. The number of nitrogens with one attached hydrogen (secondary N) is 2. The molecule has 1 aromatic carbocycles. The van der Waals surface area contributed by atoms with Crippen LogP contribution < -0.4 is 5.43 Å². The molecular formula is C13H14N4O2S3. The molecule has 0 fully saturated rings. The van der Waals surface area contributed by atoms with E-state index in [1.807, 2.05) is 31.2 Å². The van der Waals surface area contributed by atoms with Crippen LogP contribution in [0.5, 0.6) is 0 Å². The molecule has 0 amide bonds. The van der Waals surface area contributed by atoms with Gasteiger partial charge < -0.3 is 5.43 Å². The number of aromatic amines is 1. The SMILES string of the molecule is Cc1ccc([C@H]2CNN=C2S(=O)(=O)Cc2n[nH]c(=S)s2)cc1. The first-order chi connectivity index (χ1) is 10.5. The van der Waals surface area contributed by atoms with E-state index in [9.17, 15) is 8.42 Å². The number of rotatable bonds is 3. The Morgan fingerprint density at radius 1 is 1.36 bits per heavy atom. The van der Waals surface area contributed by atoms with Gasteiger partial charge in [-0.3, -0.25) is 5.10 Å². The molecule has 0 bridgehead atoms. The highest BCUT2D eigenvalue weighted by Gasteiger charge is 2.34. The van der Waals surface area contributed by atoms with Crippen LogP contribution in [0.2, 0.25) is 0 Å². The second-order valence-corrected chi connectivity index (χ2v) is 8.73. The van der Waals surface area contributed by atoms with E-state index in [4.69, 9.17) is 12.2 Å². The van der Waals surface area contributed by atoms with Crippen molar-refractivity contribution in [2.75, 3.05) is 6.54 Å². The third kappa shape index (κ3) is 3.11. The lowest BCUT2D eigenvalue weighted by Gasteiger charge is -2.12. The Kier molecular flexibility index (Phi) is 4.11. The largest absolute Gasteiger partial charge is 0.308 e. The Balaban J connectivity index is 1.88. The predicted molar refractivity (Wildman–Crippen MR) is 89.3 cm³/mol. The molecular weight excluding hydrogens is 340 g/mol. The highest BCUT2D eigenvalue weighted by Crippen LogP contribution is 2.26. The number of hydrogen-bond acceptors (Lipinski definition) is 7. The van der Waals surface area contributed by atoms with Gasteiger partial charge in [-0.15, -0.1) is 0 Å². The lowest BCUT2D eigenvalue weighted by Crippen LogP contribution is -2.23. The van der Waals surface area contributed by atoms with Crippen LogP contribution in [-0.2, 0) is 15.6 Å². The molecule has 2 aromatic rings. The summed E-state index contributed by atoms with van der Waals surface area (Å²) in [6.45, 7) is 2.47. The summed E-state index contributed by atoms with van der Waals surface area (Å²) in [6, 6.07) is 7.82. The molecule has 9 heteroatoms. The van der Waals surface area contributed by atoms with Crippen molar-refractivity contribution in [3.63, 3.8) is 0 Å². The standard InChI is InChI=1S/C13H14N4O2S3/c1-8-2-4-9(5-3-8)10-6-14-16-12(10)22(18,19)7-11-15-17-13(20)21-11/h2-5,10,14H,6-7H2,1H3,(H,17,20)/t10-/m1/s1. The molecule has 2 N–H and O–H groups in total. The summed E-state index contributed by atoms with van der Waals surface area (Å²) in [6.07, 6.45) is 0. The van der Waals surface area contributed by atoms with Crippen molar-refractivity contribution >= 4 is 38.4 Å². The summed E-state index contributed by atoms with van der Waals surface area (Å²) < 4.78 is 25.7. The zero-order chi connectivity index (χ0) is 15.7. The van der Waals surface area contributed by atoms with Gasteiger partial charge in [0.05, 0.1) is 5.92 Å². The molecule has 0 saturated carbocycles. The molecule has 22 heavy (non-hydrogen) atoms. The van der Waals surface area contributed by atoms with Crippen molar-refractivity contribution in [2.45, 2.75) is 18.6 Å². The van der Waals surface area contributed by atoms with E-state index in [0.717, 1.165) is 11.1 Å². The summed E-state index contributed by atoms with van der Waals surface area (Å²) >= 11 is 6.10. The van der Waals surface area contributed by atoms with E-state index >= 15 is 0 Å². The van der Waals surface area contributed by atoms with Crippen molar-refractivity contribution in [1.82, 2.24) is 15.6 Å². The molecule has 1 aliphatic heterocycles. The average molecular weight is 354 g/mol. The number of hydrazone groups is 1.